The third-order valence-electron chi connectivity index (χ3n) is 5.38. The molecule has 2 aliphatic carbocycles. The third-order valence-corrected chi connectivity index (χ3v) is 5.38. The lowest BCUT2D eigenvalue weighted by Crippen LogP contribution is -2.42. The lowest BCUT2D eigenvalue weighted by Gasteiger charge is -2.24. The molecule has 0 aromatic rings. The number of rotatable bonds is 4. The Morgan fingerprint density at radius 3 is 2.61 bits per heavy atom. The van der Waals surface area contributed by atoms with Crippen molar-refractivity contribution in [3.8, 4) is 0 Å². The lowest BCUT2D eigenvalue weighted by atomic mass is 9.92. The van der Waals surface area contributed by atoms with Crippen LogP contribution >= 0.6 is 0 Å². The molecule has 5 unspecified atom stereocenters. The summed E-state index contributed by atoms with van der Waals surface area (Å²) < 4.78 is 0. The Morgan fingerprint density at radius 1 is 1.22 bits per heavy atom. The van der Waals surface area contributed by atoms with Crippen LogP contribution in [0.4, 0.5) is 0 Å². The molecule has 3 nitrogen and oxygen atoms in total. The predicted octanol–water partition coefficient (Wildman–Crippen LogP) is 2.30. The number of carbonyl (C=O) groups is 1. The zero-order valence-corrected chi connectivity index (χ0v) is 11.8. The molecular formula is C15H28N2O. The molecule has 2 aliphatic rings. The molecule has 0 bridgehead atoms. The van der Waals surface area contributed by atoms with Gasteiger partial charge in [0.1, 0.15) is 0 Å². The normalized spacial score (nSPS) is 40.1. The van der Waals surface area contributed by atoms with Crippen LogP contribution in [0.1, 0.15) is 52.4 Å². The van der Waals surface area contributed by atoms with E-state index in [1.54, 1.807) is 0 Å². The maximum absolute atomic E-state index is 12.3. The second-order valence-corrected chi connectivity index (χ2v) is 6.25. The Hall–Kier alpha value is -0.570. The van der Waals surface area contributed by atoms with Crippen LogP contribution < -0.4 is 11.1 Å². The van der Waals surface area contributed by atoms with Crippen LogP contribution in [0.15, 0.2) is 0 Å². The molecule has 2 fully saturated rings. The van der Waals surface area contributed by atoms with Gasteiger partial charge in [0.25, 0.3) is 0 Å². The molecule has 5 atom stereocenters. The Morgan fingerprint density at radius 2 is 2.00 bits per heavy atom. The molecule has 0 radical (unpaired) electrons. The first-order chi connectivity index (χ1) is 8.67. The molecule has 0 aliphatic heterocycles. The van der Waals surface area contributed by atoms with Crippen LogP contribution in [-0.4, -0.2) is 18.5 Å². The van der Waals surface area contributed by atoms with E-state index in [1.165, 1.54) is 12.8 Å². The maximum Gasteiger partial charge on any atom is 0.223 e. The number of carbonyl (C=O) groups excluding carboxylic acids is 1. The van der Waals surface area contributed by atoms with Gasteiger partial charge in [0.05, 0.1) is 0 Å². The number of hydrogen-bond acceptors (Lipinski definition) is 2. The quantitative estimate of drug-likeness (QED) is 0.806. The zero-order valence-electron chi connectivity index (χ0n) is 11.8. The molecule has 2 rings (SSSR count). The van der Waals surface area contributed by atoms with Crippen LogP contribution in [0.2, 0.25) is 0 Å². The second kappa shape index (κ2) is 6.05. The van der Waals surface area contributed by atoms with Crippen LogP contribution in [0.5, 0.6) is 0 Å². The highest BCUT2D eigenvalue weighted by molar-refractivity contribution is 5.79. The molecule has 0 heterocycles. The summed E-state index contributed by atoms with van der Waals surface area (Å²) in [6.45, 7) is 5.21. The average Bonchev–Trinajstić information content (AvgIpc) is 2.97. The molecule has 3 heteroatoms. The van der Waals surface area contributed by atoms with Gasteiger partial charge in [-0.2, -0.15) is 0 Å². The van der Waals surface area contributed by atoms with Crippen LogP contribution in [0.25, 0.3) is 0 Å². The van der Waals surface area contributed by atoms with E-state index in [0.717, 1.165) is 31.6 Å². The van der Waals surface area contributed by atoms with E-state index in [1.807, 2.05) is 0 Å². The minimum atomic E-state index is 0.183. The van der Waals surface area contributed by atoms with Crippen molar-refractivity contribution in [2.45, 2.75) is 58.4 Å². The van der Waals surface area contributed by atoms with Gasteiger partial charge >= 0.3 is 0 Å². The first-order valence-corrected chi connectivity index (χ1v) is 7.67. The van der Waals surface area contributed by atoms with Gasteiger partial charge in [0.2, 0.25) is 5.91 Å². The smallest absolute Gasteiger partial charge is 0.223 e. The Balaban J connectivity index is 1.88. The number of amides is 1. The van der Waals surface area contributed by atoms with Crippen molar-refractivity contribution in [1.82, 2.24) is 5.32 Å². The minimum Gasteiger partial charge on any atom is -0.353 e. The Labute approximate surface area is 111 Å². The average molecular weight is 252 g/mol. The van der Waals surface area contributed by atoms with Gasteiger partial charge in [-0.1, -0.05) is 26.7 Å². The van der Waals surface area contributed by atoms with E-state index < -0.39 is 0 Å². The topological polar surface area (TPSA) is 55.1 Å². The third kappa shape index (κ3) is 2.71. The molecule has 0 spiro atoms. The van der Waals surface area contributed by atoms with Gasteiger partial charge in [-0.25, -0.2) is 0 Å². The summed E-state index contributed by atoms with van der Waals surface area (Å²) >= 11 is 0. The van der Waals surface area contributed by atoms with E-state index in [4.69, 9.17) is 5.73 Å². The van der Waals surface area contributed by atoms with E-state index in [9.17, 15) is 4.79 Å². The molecule has 18 heavy (non-hydrogen) atoms. The molecule has 0 aromatic carbocycles. The fourth-order valence-corrected chi connectivity index (χ4v) is 3.98. The van der Waals surface area contributed by atoms with Crippen molar-refractivity contribution in [2.24, 2.45) is 29.4 Å². The largest absolute Gasteiger partial charge is 0.353 e. The van der Waals surface area contributed by atoms with Crippen molar-refractivity contribution in [2.75, 3.05) is 6.54 Å². The summed E-state index contributed by atoms with van der Waals surface area (Å²) in [7, 11) is 0. The second-order valence-electron chi connectivity index (χ2n) is 6.25. The minimum absolute atomic E-state index is 0.183. The van der Waals surface area contributed by atoms with Crippen molar-refractivity contribution in [3.05, 3.63) is 0 Å². The molecule has 0 aromatic heterocycles. The van der Waals surface area contributed by atoms with E-state index in [2.05, 4.69) is 19.2 Å². The first-order valence-electron chi connectivity index (χ1n) is 7.67. The van der Waals surface area contributed by atoms with Gasteiger partial charge in [-0.15, -0.1) is 0 Å². The highest BCUT2D eigenvalue weighted by Crippen LogP contribution is 2.35. The molecule has 1 amide bonds. The SMILES string of the molecule is CCC1CCC(NC(=O)C2CCCC2CN)C1C. The lowest BCUT2D eigenvalue weighted by molar-refractivity contribution is -0.126. The molecule has 2 saturated carbocycles. The highest BCUT2D eigenvalue weighted by atomic mass is 16.2. The van der Waals surface area contributed by atoms with Crippen LogP contribution in [-0.2, 0) is 4.79 Å². The van der Waals surface area contributed by atoms with Crippen molar-refractivity contribution in [3.63, 3.8) is 0 Å². The van der Waals surface area contributed by atoms with Gasteiger partial charge in [-0.05, 0) is 50.0 Å². The first kappa shape index (κ1) is 13.9. The van der Waals surface area contributed by atoms with E-state index in [0.29, 0.717) is 24.4 Å². The highest BCUT2D eigenvalue weighted by Gasteiger charge is 2.36. The van der Waals surface area contributed by atoms with Gasteiger partial charge in [0.15, 0.2) is 0 Å². The summed E-state index contributed by atoms with van der Waals surface area (Å²) in [5.41, 5.74) is 5.76. The number of nitrogens with two attached hydrogens (primary N) is 1. The van der Waals surface area contributed by atoms with Gasteiger partial charge in [-0.3, -0.25) is 4.79 Å². The predicted molar refractivity (Wildman–Crippen MR) is 74.0 cm³/mol. The molecular weight excluding hydrogens is 224 g/mol. The summed E-state index contributed by atoms with van der Waals surface area (Å²) in [6, 6.07) is 0.404. The molecule has 104 valence electrons. The fourth-order valence-electron chi connectivity index (χ4n) is 3.98. The summed E-state index contributed by atoms with van der Waals surface area (Å²) in [4.78, 5) is 12.3. The molecule has 3 N–H and O–H groups in total. The summed E-state index contributed by atoms with van der Waals surface area (Å²) in [5, 5.41) is 3.30. The molecule has 0 saturated heterocycles. The van der Waals surface area contributed by atoms with Crippen LogP contribution in [0.3, 0.4) is 0 Å². The fraction of sp³-hybridized carbons (Fsp3) is 0.933. The number of hydrogen-bond donors (Lipinski definition) is 2. The van der Waals surface area contributed by atoms with E-state index in [-0.39, 0.29) is 11.8 Å². The van der Waals surface area contributed by atoms with Gasteiger partial charge in [0, 0.05) is 12.0 Å². The maximum atomic E-state index is 12.3. The van der Waals surface area contributed by atoms with Gasteiger partial charge < -0.3 is 11.1 Å². The van der Waals surface area contributed by atoms with Crippen molar-refractivity contribution >= 4 is 5.91 Å². The Bertz CT molecular complexity index is 292. The summed E-state index contributed by atoms with van der Waals surface area (Å²) in [6.07, 6.45) is 7.00. The van der Waals surface area contributed by atoms with Crippen LogP contribution in [0, 0.1) is 23.7 Å². The zero-order chi connectivity index (χ0) is 13.1. The standard InChI is InChI=1S/C15H28N2O/c1-3-11-7-8-14(10(11)2)17-15(18)13-6-4-5-12(13)9-16/h10-14H,3-9,16H2,1-2H3,(H,17,18). The van der Waals surface area contributed by atoms with E-state index >= 15 is 0 Å². The van der Waals surface area contributed by atoms with Crippen molar-refractivity contribution in [1.29, 1.82) is 0 Å². The Kier molecular flexibility index (Phi) is 4.66. The van der Waals surface area contributed by atoms with Crippen molar-refractivity contribution < 1.29 is 4.79 Å². The summed E-state index contributed by atoms with van der Waals surface area (Å²) in [5.74, 6) is 2.31. The monoisotopic (exact) mass is 252 g/mol. The number of nitrogens with one attached hydrogen (secondary N) is 1.